The first-order chi connectivity index (χ1) is 18.4. The van der Waals surface area contributed by atoms with Crippen molar-refractivity contribution in [1.29, 1.82) is 0 Å². The molecule has 9 heteroatoms. The Morgan fingerprint density at radius 2 is 1.71 bits per heavy atom. The Bertz CT molecular complexity index is 1310. The second-order valence-corrected chi connectivity index (χ2v) is 9.32. The summed E-state index contributed by atoms with van der Waals surface area (Å²) in [4.78, 5) is 49.9. The summed E-state index contributed by atoms with van der Waals surface area (Å²) in [6.07, 6.45) is 9.46. The van der Waals surface area contributed by atoms with Crippen LogP contribution in [0.1, 0.15) is 72.7 Å². The first-order valence-corrected chi connectivity index (χ1v) is 13.0. The largest absolute Gasteiger partial charge is 0.478 e. The van der Waals surface area contributed by atoms with Gasteiger partial charge in [-0.1, -0.05) is 44.9 Å². The molecule has 2 aromatic heterocycles. The number of imidazole rings is 1. The van der Waals surface area contributed by atoms with Crippen LogP contribution in [-0.2, 0) is 24.3 Å². The van der Waals surface area contributed by atoms with Crippen LogP contribution in [0.4, 0.5) is 4.79 Å². The molecule has 1 aliphatic heterocycles. The van der Waals surface area contributed by atoms with Crippen molar-refractivity contribution in [2.24, 2.45) is 0 Å². The first kappa shape index (κ1) is 26.8. The molecule has 0 bridgehead atoms. The third-order valence-electron chi connectivity index (χ3n) is 6.55. The molecule has 0 radical (unpaired) electrons. The number of amides is 3. The molecule has 198 valence electrons. The van der Waals surface area contributed by atoms with Crippen molar-refractivity contribution in [2.75, 3.05) is 6.54 Å². The predicted molar refractivity (Wildman–Crippen MR) is 143 cm³/mol. The Hall–Kier alpha value is -4.27. The van der Waals surface area contributed by atoms with Gasteiger partial charge < -0.3 is 9.67 Å². The third kappa shape index (κ3) is 5.99. The molecule has 3 heterocycles. The molecular weight excluding hydrogens is 482 g/mol. The van der Waals surface area contributed by atoms with Crippen LogP contribution in [0.5, 0.6) is 0 Å². The van der Waals surface area contributed by atoms with Gasteiger partial charge in [0.15, 0.2) is 0 Å². The highest BCUT2D eigenvalue weighted by molar-refractivity contribution is 6.13. The smallest absolute Gasteiger partial charge is 0.335 e. The molecule has 4 rings (SSSR count). The number of aryl methyl sites for hydroxylation is 1. The molecule has 0 unspecified atom stereocenters. The van der Waals surface area contributed by atoms with E-state index in [0.29, 0.717) is 30.2 Å². The number of benzene rings is 1. The van der Waals surface area contributed by atoms with Gasteiger partial charge in [-0.2, -0.15) is 0 Å². The number of carboxylic acid groups (broad SMARTS) is 1. The lowest BCUT2D eigenvalue weighted by Crippen LogP contribution is -2.33. The number of carboxylic acids is 1. The standard InChI is InChI=1S/C29H33N5O4/c1-3-5-10-26-31-18-24(33(26)19-21-11-13-22(14-12-21)28(36)37)17-25-27(35)32(16-6-4-2)29(38)34(25)20-23-9-7-8-15-30-23/h7-9,11-15,17-18H,3-6,10,16,19-20H2,1-2H3,(H,36,37)/b25-17+. The summed E-state index contributed by atoms with van der Waals surface area (Å²) < 4.78 is 2.03. The fourth-order valence-electron chi connectivity index (χ4n) is 4.39. The van der Waals surface area contributed by atoms with E-state index in [9.17, 15) is 19.5 Å². The van der Waals surface area contributed by atoms with Crippen molar-refractivity contribution in [3.8, 4) is 0 Å². The zero-order valence-electron chi connectivity index (χ0n) is 21.8. The molecule has 3 aromatic rings. The van der Waals surface area contributed by atoms with Gasteiger partial charge in [-0.3, -0.25) is 19.6 Å². The average Bonchev–Trinajstić information content (AvgIpc) is 3.40. The molecule has 1 aromatic carbocycles. The molecule has 1 fully saturated rings. The summed E-state index contributed by atoms with van der Waals surface area (Å²) in [7, 11) is 0. The number of hydrogen-bond donors (Lipinski definition) is 1. The summed E-state index contributed by atoms with van der Waals surface area (Å²) in [6.45, 7) is 5.14. The van der Waals surface area contributed by atoms with Gasteiger partial charge in [0.2, 0.25) is 0 Å². The van der Waals surface area contributed by atoms with Crippen LogP contribution < -0.4 is 0 Å². The molecule has 3 amide bonds. The lowest BCUT2D eigenvalue weighted by Gasteiger charge is -2.17. The lowest BCUT2D eigenvalue weighted by molar-refractivity contribution is -0.123. The van der Waals surface area contributed by atoms with E-state index in [4.69, 9.17) is 0 Å². The average molecular weight is 516 g/mol. The number of rotatable bonds is 12. The van der Waals surface area contributed by atoms with Crippen molar-refractivity contribution < 1.29 is 19.5 Å². The number of urea groups is 1. The number of nitrogens with zero attached hydrogens (tertiary/aromatic N) is 5. The van der Waals surface area contributed by atoms with Crippen LogP contribution in [-0.4, -0.2) is 53.9 Å². The van der Waals surface area contributed by atoms with E-state index >= 15 is 0 Å². The number of hydrogen-bond acceptors (Lipinski definition) is 5. The third-order valence-corrected chi connectivity index (χ3v) is 6.55. The first-order valence-electron chi connectivity index (χ1n) is 13.0. The molecule has 1 aliphatic rings. The molecule has 1 saturated heterocycles. The number of aromatic carboxylic acids is 1. The van der Waals surface area contributed by atoms with Crippen molar-refractivity contribution in [2.45, 2.75) is 59.0 Å². The number of pyridine rings is 1. The number of unbranched alkanes of at least 4 members (excludes halogenated alkanes) is 2. The Kier molecular flexibility index (Phi) is 8.68. The van der Waals surface area contributed by atoms with Crippen LogP contribution in [0, 0.1) is 0 Å². The Morgan fingerprint density at radius 3 is 2.37 bits per heavy atom. The molecule has 0 saturated carbocycles. The fourth-order valence-corrected chi connectivity index (χ4v) is 4.39. The minimum atomic E-state index is -0.974. The van der Waals surface area contributed by atoms with E-state index in [0.717, 1.165) is 43.5 Å². The molecule has 1 N–H and O–H groups in total. The maximum Gasteiger partial charge on any atom is 0.335 e. The number of imide groups is 1. The van der Waals surface area contributed by atoms with E-state index < -0.39 is 5.97 Å². The van der Waals surface area contributed by atoms with Gasteiger partial charge in [0.25, 0.3) is 5.91 Å². The Labute approximate surface area is 222 Å². The van der Waals surface area contributed by atoms with Crippen LogP contribution in [0.15, 0.2) is 60.6 Å². The number of aromatic nitrogens is 3. The predicted octanol–water partition coefficient (Wildman–Crippen LogP) is 4.97. The highest BCUT2D eigenvalue weighted by atomic mass is 16.4. The van der Waals surface area contributed by atoms with Crippen LogP contribution in [0.25, 0.3) is 6.08 Å². The highest BCUT2D eigenvalue weighted by Crippen LogP contribution is 2.27. The van der Waals surface area contributed by atoms with Crippen LogP contribution in [0.3, 0.4) is 0 Å². The van der Waals surface area contributed by atoms with Gasteiger partial charge in [-0.25, -0.2) is 14.6 Å². The van der Waals surface area contributed by atoms with E-state index in [1.54, 1.807) is 42.7 Å². The van der Waals surface area contributed by atoms with Crippen molar-refractivity contribution in [3.63, 3.8) is 0 Å². The summed E-state index contributed by atoms with van der Waals surface area (Å²) in [6, 6.07) is 11.9. The van der Waals surface area contributed by atoms with Crippen molar-refractivity contribution >= 4 is 24.0 Å². The molecule has 0 spiro atoms. The SMILES string of the molecule is CCCCc1ncc(/C=C2\C(=O)N(CCCC)C(=O)N2Cc2ccccn2)n1Cc1ccc(C(=O)O)cc1. The maximum absolute atomic E-state index is 13.5. The maximum atomic E-state index is 13.5. The van der Waals surface area contributed by atoms with E-state index in [-0.39, 0.29) is 24.0 Å². The molecule has 0 aliphatic carbocycles. The zero-order chi connectivity index (χ0) is 27.1. The molecular formula is C29H33N5O4. The van der Waals surface area contributed by atoms with E-state index in [1.165, 1.54) is 9.80 Å². The Morgan fingerprint density at radius 1 is 0.947 bits per heavy atom. The number of carbonyl (C=O) groups excluding carboxylic acids is 2. The minimum Gasteiger partial charge on any atom is -0.478 e. The van der Waals surface area contributed by atoms with Gasteiger partial charge in [0.05, 0.1) is 29.7 Å². The number of carbonyl (C=O) groups is 3. The van der Waals surface area contributed by atoms with Gasteiger partial charge in [0, 0.05) is 25.7 Å². The van der Waals surface area contributed by atoms with Gasteiger partial charge in [0.1, 0.15) is 11.5 Å². The quantitative estimate of drug-likeness (QED) is 0.269. The Balaban J connectivity index is 1.72. The summed E-state index contributed by atoms with van der Waals surface area (Å²) >= 11 is 0. The molecule has 38 heavy (non-hydrogen) atoms. The van der Waals surface area contributed by atoms with Crippen LogP contribution >= 0.6 is 0 Å². The van der Waals surface area contributed by atoms with Crippen molar-refractivity contribution in [1.82, 2.24) is 24.3 Å². The van der Waals surface area contributed by atoms with Gasteiger partial charge >= 0.3 is 12.0 Å². The van der Waals surface area contributed by atoms with Gasteiger partial charge in [-0.05, 0) is 48.7 Å². The topological polar surface area (TPSA) is 109 Å². The fraction of sp³-hybridized carbons (Fsp3) is 0.345. The van der Waals surface area contributed by atoms with E-state index in [2.05, 4.69) is 16.9 Å². The zero-order valence-corrected chi connectivity index (χ0v) is 21.8. The summed E-state index contributed by atoms with van der Waals surface area (Å²) in [5, 5.41) is 9.23. The second kappa shape index (κ2) is 12.3. The van der Waals surface area contributed by atoms with E-state index in [1.807, 2.05) is 29.7 Å². The summed E-state index contributed by atoms with van der Waals surface area (Å²) in [5.74, 6) is -0.428. The van der Waals surface area contributed by atoms with Crippen LogP contribution in [0.2, 0.25) is 0 Å². The molecule has 0 atom stereocenters. The minimum absolute atomic E-state index is 0.188. The lowest BCUT2D eigenvalue weighted by atomic mass is 10.1. The molecule has 9 nitrogen and oxygen atoms in total. The van der Waals surface area contributed by atoms with Crippen molar-refractivity contribution in [3.05, 3.63) is 88.9 Å². The normalized spacial score (nSPS) is 14.6. The van der Waals surface area contributed by atoms with Gasteiger partial charge in [-0.15, -0.1) is 0 Å². The summed E-state index contributed by atoms with van der Waals surface area (Å²) in [5.41, 5.74) is 2.82. The second-order valence-electron chi connectivity index (χ2n) is 9.32. The highest BCUT2D eigenvalue weighted by Gasteiger charge is 2.40. The monoisotopic (exact) mass is 515 g/mol.